The molecule has 3 aliphatic rings. The van der Waals surface area contributed by atoms with E-state index in [4.69, 9.17) is 19.9 Å². The molecule has 0 radical (unpaired) electrons. The predicted molar refractivity (Wildman–Crippen MR) is 149 cm³/mol. The number of benzene rings is 2. The number of nitrogens with two attached hydrogens (primary N) is 1. The number of aliphatic hydroxyl groups is 3. The molecule has 0 saturated heterocycles. The van der Waals surface area contributed by atoms with E-state index in [2.05, 4.69) is 0 Å². The number of rotatable bonds is 6. The lowest BCUT2D eigenvalue weighted by Gasteiger charge is -2.50. The summed E-state index contributed by atoms with van der Waals surface area (Å²) in [5.41, 5.74) is 3.18. The quantitative estimate of drug-likeness (QED) is 0.313. The maximum absolute atomic E-state index is 14.0. The SMILES string of the molecule is COc1ccc(-c2ccc(O)c3c2C[C@@H]2C[C@@H]4[C@@H](N(C)C)C(=O)C(C(N)=O)=C(O)[C@]4(O)C(=O)C2=C3O)c(OC)c1OC. The van der Waals surface area contributed by atoms with Crippen LogP contribution in [0.3, 0.4) is 0 Å². The normalized spacial score (nSPS) is 25.2. The van der Waals surface area contributed by atoms with Gasteiger partial charge in [0.25, 0.3) is 5.91 Å². The number of likely N-dealkylation sites (N-methyl/N-ethyl adjacent to an activating group) is 1. The van der Waals surface area contributed by atoms with Crippen LogP contribution in [0, 0.1) is 11.8 Å². The minimum Gasteiger partial charge on any atom is -0.508 e. The Morgan fingerprint density at radius 2 is 1.62 bits per heavy atom. The first-order valence-corrected chi connectivity index (χ1v) is 13.1. The first kappa shape index (κ1) is 29.0. The standard InChI is InChI=1S/C30H32N2O10/c1-32(2)22-16-11-12-10-15-13(14-7-9-18(40-3)26(42-5)25(14)41-4)6-8-17(33)20(15)23(34)19(12)27(36)30(16,39)28(37)21(24(22)35)29(31)38/h6-9,12,16,22,33-34,37,39H,10-11H2,1-5H3,(H2,31,38)/t12-,16-,22-,30-/m1/s1. The highest BCUT2D eigenvalue weighted by Crippen LogP contribution is 2.55. The van der Waals surface area contributed by atoms with Gasteiger partial charge in [0.15, 0.2) is 22.9 Å². The van der Waals surface area contributed by atoms with Crippen LogP contribution in [0.25, 0.3) is 16.9 Å². The Morgan fingerprint density at radius 3 is 2.19 bits per heavy atom. The van der Waals surface area contributed by atoms with Crippen molar-refractivity contribution in [2.45, 2.75) is 24.5 Å². The fourth-order valence-corrected chi connectivity index (χ4v) is 6.81. The van der Waals surface area contributed by atoms with Crippen LogP contribution in [-0.4, -0.2) is 89.9 Å². The molecule has 0 unspecified atom stereocenters. The number of amides is 1. The number of nitrogens with zero attached hydrogens (tertiary/aromatic N) is 1. The Bertz CT molecular complexity index is 1610. The number of aromatic hydroxyl groups is 1. The second-order valence-corrected chi connectivity index (χ2v) is 10.8. The number of carbonyl (C=O) groups is 3. The molecule has 1 amide bonds. The van der Waals surface area contributed by atoms with Gasteiger partial charge in [-0.15, -0.1) is 0 Å². The number of aliphatic hydroxyl groups excluding tert-OH is 2. The number of hydrogen-bond donors (Lipinski definition) is 5. The Hall–Kier alpha value is -4.55. The van der Waals surface area contributed by atoms with Gasteiger partial charge in [-0.25, -0.2) is 0 Å². The smallest absolute Gasteiger partial charge is 0.255 e. The van der Waals surface area contributed by atoms with Crippen molar-refractivity contribution in [3.8, 4) is 34.1 Å². The molecule has 4 atom stereocenters. The molecule has 12 heteroatoms. The van der Waals surface area contributed by atoms with Crippen molar-refractivity contribution >= 4 is 23.2 Å². The van der Waals surface area contributed by atoms with Gasteiger partial charge >= 0.3 is 0 Å². The van der Waals surface area contributed by atoms with Gasteiger partial charge in [-0.1, -0.05) is 6.07 Å². The fraction of sp³-hybridized carbons (Fsp3) is 0.367. The van der Waals surface area contributed by atoms with Crippen LogP contribution >= 0.6 is 0 Å². The Balaban J connectivity index is 1.75. The van der Waals surface area contributed by atoms with Gasteiger partial charge in [0.1, 0.15) is 22.8 Å². The van der Waals surface area contributed by atoms with E-state index in [0.29, 0.717) is 33.9 Å². The molecular weight excluding hydrogens is 548 g/mol. The third kappa shape index (κ3) is 3.78. The third-order valence-corrected chi connectivity index (χ3v) is 8.60. The highest BCUT2D eigenvalue weighted by atomic mass is 16.5. The van der Waals surface area contributed by atoms with Gasteiger partial charge in [-0.3, -0.25) is 19.3 Å². The van der Waals surface area contributed by atoms with Gasteiger partial charge in [0.05, 0.1) is 32.9 Å². The molecule has 1 fully saturated rings. The second kappa shape index (κ2) is 10.1. The summed E-state index contributed by atoms with van der Waals surface area (Å²) >= 11 is 0. The Morgan fingerprint density at radius 1 is 0.976 bits per heavy atom. The first-order valence-electron chi connectivity index (χ1n) is 13.1. The molecule has 2 aromatic carbocycles. The van der Waals surface area contributed by atoms with Gasteiger partial charge in [-0.2, -0.15) is 0 Å². The van der Waals surface area contributed by atoms with E-state index in [1.807, 2.05) is 0 Å². The van der Waals surface area contributed by atoms with Crippen molar-refractivity contribution in [1.82, 2.24) is 4.90 Å². The van der Waals surface area contributed by atoms with E-state index in [1.165, 1.54) is 32.3 Å². The van der Waals surface area contributed by atoms with Crippen LogP contribution < -0.4 is 19.9 Å². The minimum absolute atomic E-state index is 0.0239. The number of ether oxygens (including phenoxy) is 3. The van der Waals surface area contributed by atoms with Gasteiger partial charge < -0.3 is 40.4 Å². The minimum atomic E-state index is -2.70. The van der Waals surface area contributed by atoms with Crippen molar-refractivity contribution in [2.75, 3.05) is 35.4 Å². The Kier molecular flexibility index (Phi) is 6.94. The maximum atomic E-state index is 14.0. The Labute approximate surface area is 241 Å². The van der Waals surface area contributed by atoms with Crippen molar-refractivity contribution in [3.63, 3.8) is 0 Å². The van der Waals surface area contributed by atoms with E-state index >= 15 is 0 Å². The lowest BCUT2D eigenvalue weighted by atomic mass is 9.57. The highest BCUT2D eigenvalue weighted by Gasteiger charge is 2.64. The molecule has 0 aliphatic heterocycles. The summed E-state index contributed by atoms with van der Waals surface area (Å²) in [6.07, 6.45) is 0.0969. The number of Topliss-reactive ketones (excluding diaryl/α,β-unsaturated/α-hetero) is 2. The molecule has 5 rings (SSSR count). The van der Waals surface area contributed by atoms with Crippen molar-refractivity contribution in [3.05, 3.63) is 52.3 Å². The molecule has 1 saturated carbocycles. The van der Waals surface area contributed by atoms with Gasteiger partial charge in [-0.05, 0) is 62.2 Å². The molecule has 0 aromatic heterocycles. The zero-order valence-electron chi connectivity index (χ0n) is 23.7. The zero-order chi connectivity index (χ0) is 30.8. The summed E-state index contributed by atoms with van der Waals surface area (Å²) in [6.45, 7) is 0. The van der Waals surface area contributed by atoms with Crippen molar-refractivity contribution < 1.29 is 49.0 Å². The second-order valence-electron chi connectivity index (χ2n) is 10.8. The molecule has 0 spiro atoms. The van der Waals surface area contributed by atoms with Crippen LogP contribution in [-0.2, 0) is 20.8 Å². The van der Waals surface area contributed by atoms with Crippen LogP contribution in [0.1, 0.15) is 17.5 Å². The van der Waals surface area contributed by atoms with Crippen molar-refractivity contribution in [1.29, 1.82) is 0 Å². The number of methoxy groups -OCH3 is 3. The van der Waals surface area contributed by atoms with E-state index in [-0.39, 0.29) is 29.7 Å². The predicted octanol–water partition coefficient (Wildman–Crippen LogP) is 1.66. The summed E-state index contributed by atoms with van der Waals surface area (Å²) in [5.74, 6) is -6.00. The number of carbonyl (C=O) groups excluding carboxylic acids is 3. The van der Waals surface area contributed by atoms with E-state index in [9.17, 15) is 34.8 Å². The average Bonchev–Trinajstić information content (AvgIpc) is 2.93. The van der Waals surface area contributed by atoms with E-state index in [0.717, 1.165) is 0 Å². The summed E-state index contributed by atoms with van der Waals surface area (Å²) in [5, 5.41) is 45.2. The molecule has 3 aliphatic carbocycles. The molecule has 222 valence electrons. The molecule has 42 heavy (non-hydrogen) atoms. The van der Waals surface area contributed by atoms with Crippen LogP contribution in [0.15, 0.2) is 41.2 Å². The topological polar surface area (TPSA) is 189 Å². The highest BCUT2D eigenvalue weighted by molar-refractivity contribution is 6.24. The lowest BCUT2D eigenvalue weighted by molar-refractivity contribution is -0.153. The monoisotopic (exact) mass is 580 g/mol. The number of hydrogen-bond acceptors (Lipinski definition) is 11. The zero-order valence-corrected chi connectivity index (χ0v) is 23.7. The third-order valence-electron chi connectivity index (χ3n) is 8.60. The van der Waals surface area contributed by atoms with Crippen LogP contribution in [0.2, 0.25) is 0 Å². The summed E-state index contributed by atoms with van der Waals surface area (Å²) < 4.78 is 16.6. The molecule has 0 bridgehead atoms. The average molecular weight is 581 g/mol. The molecule has 2 aromatic rings. The summed E-state index contributed by atoms with van der Waals surface area (Å²) in [4.78, 5) is 40.9. The number of ketones is 2. The van der Waals surface area contributed by atoms with Crippen LogP contribution in [0.5, 0.6) is 23.0 Å². The summed E-state index contributed by atoms with van der Waals surface area (Å²) in [6, 6.07) is 5.26. The molecule has 6 N–H and O–H groups in total. The van der Waals surface area contributed by atoms with E-state index in [1.54, 1.807) is 32.3 Å². The number of primary amides is 1. The van der Waals surface area contributed by atoms with Crippen LogP contribution in [0.4, 0.5) is 0 Å². The van der Waals surface area contributed by atoms with E-state index < -0.39 is 58.0 Å². The van der Waals surface area contributed by atoms with Gasteiger partial charge in [0.2, 0.25) is 11.5 Å². The molecule has 12 nitrogen and oxygen atoms in total. The summed E-state index contributed by atoms with van der Waals surface area (Å²) in [7, 11) is 7.51. The van der Waals surface area contributed by atoms with Gasteiger partial charge in [0, 0.05) is 17.1 Å². The first-order chi connectivity index (χ1) is 19.8. The maximum Gasteiger partial charge on any atom is 0.255 e. The number of phenolic OH excluding ortho intramolecular Hbond substituents is 1. The number of phenols is 1. The lowest BCUT2D eigenvalue weighted by Crippen LogP contribution is -2.65. The number of fused-ring (bicyclic) bond motifs is 3. The molecular formula is C30H32N2O10. The fourth-order valence-electron chi connectivity index (χ4n) is 6.81. The largest absolute Gasteiger partial charge is 0.508 e. The van der Waals surface area contributed by atoms with Crippen molar-refractivity contribution in [2.24, 2.45) is 17.6 Å². The molecule has 0 heterocycles.